The average Bonchev–Trinajstić information content (AvgIpc) is 2.17. The van der Waals surface area contributed by atoms with Gasteiger partial charge in [-0.2, -0.15) is 0 Å². The number of hydrogen-bond acceptors (Lipinski definition) is 6. The summed E-state index contributed by atoms with van der Waals surface area (Å²) in [5.41, 5.74) is 10.2. The van der Waals surface area contributed by atoms with Gasteiger partial charge in [0.15, 0.2) is 0 Å². The summed E-state index contributed by atoms with van der Waals surface area (Å²) in [6.07, 6.45) is -8.49. The standard InChI is InChI=1S/C7H17N2O6P/c8-16(9,15)1-2-3(10)5(12)7(14)6(13)4(2)11/h2-7,10-14H,1H2,(H4,8,9,15)/t2?,3-,4-,5-,6+,7?/m1/s1. The molecule has 0 bridgehead atoms. The Hall–Kier alpha value is -0.0500. The van der Waals surface area contributed by atoms with Crippen LogP contribution in [0, 0.1) is 5.92 Å². The summed E-state index contributed by atoms with van der Waals surface area (Å²) >= 11 is 0. The fourth-order valence-corrected chi connectivity index (χ4v) is 2.95. The molecule has 0 spiro atoms. The van der Waals surface area contributed by atoms with E-state index < -0.39 is 50.0 Å². The number of nitrogens with two attached hydrogens (primary N) is 2. The molecule has 0 amide bonds. The Balaban J connectivity index is 2.87. The molecule has 0 heterocycles. The van der Waals surface area contributed by atoms with E-state index in [-0.39, 0.29) is 0 Å². The lowest BCUT2D eigenvalue weighted by molar-refractivity contribution is -0.199. The van der Waals surface area contributed by atoms with Gasteiger partial charge in [0, 0.05) is 12.1 Å². The second-order valence-electron chi connectivity index (χ2n) is 4.15. The maximum Gasteiger partial charge on any atom is 0.206 e. The molecule has 9 N–H and O–H groups in total. The summed E-state index contributed by atoms with van der Waals surface area (Å²) in [4.78, 5) is 0. The number of aliphatic hydroxyl groups is 5. The van der Waals surface area contributed by atoms with Crippen molar-refractivity contribution in [3.05, 3.63) is 0 Å². The Morgan fingerprint density at radius 1 is 0.812 bits per heavy atom. The second kappa shape index (κ2) is 4.67. The first kappa shape index (κ1) is 14.0. The van der Waals surface area contributed by atoms with Gasteiger partial charge in [-0.15, -0.1) is 0 Å². The zero-order valence-corrected chi connectivity index (χ0v) is 9.31. The molecule has 1 aliphatic carbocycles. The van der Waals surface area contributed by atoms with Crippen molar-refractivity contribution in [2.24, 2.45) is 16.9 Å². The van der Waals surface area contributed by atoms with E-state index in [2.05, 4.69) is 0 Å². The predicted octanol–water partition coefficient (Wildman–Crippen LogP) is -3.47. The first-order chi connectivity index (χ1) is 7.15. The highest BCUT2D eigenvalue weighted by Crippen LogP contribution is 2.36. The summed E-state index contributed by atoms with van der Waals surface area (Å²) in [5, 5.41) is 47.1. The molecule has 16 heavy (non-hydrogen) atoms. The third-order valence-electron chi connectivity index (χ3n) is 2.77. The molecule has 1 saturated carbocycles. The van der Waals surface area contributed by atoms with Gasteiger partial charge in [-0.3, -0.25) is 15.6 Å². The molecular formula is C7H17N2O6P. The molecule has 6 atom stereocenters. The van der Waals surface area contributed by atoms with Crippen LogP contribution in [0.1, 0.15) is 0 Å². The zero-order chi connectivity index (χ0) is 12.7. The molecular weight excluding hydrogens is 239 g/mol. The SMILES string of the molecule is NP(N)(=O)CC1[C@@H](O)[C@H](O)C(O)[C@H](O)[C@@H]1O. The van der Waals surface area contributed by atoms with E-state index in [1.807, 2.05) is 0 Å². The van der Waals surface area contributed by atoms with Crippen LogP contribution < -0.4 is 11.0 Å². The Labute approximate surface area is 92.0 Å². The zero-order valence-electron chi connectivity index (χ0n) is 8.42. The molecule has 0 aromatic rings. The molecule has 0 saturated heterocycles. The highest BCUT2D eigenvalue weighted by Gasteiger charge is 2.49. The number of hydrogen-bond donors (Lipinski definition) is 7. The molecule has 0 aromatic carbocycles. The Morgan fingerprint density at radius 3 is 1.44 bits per heavy atom. The quantitative estimate of drug-likeness (QED) is 0.250. The lowest BCUT2D eigenvalue weighted by Crippen LogP contribution is -2.62. The van der Waals surface area contributed by atoms with Gasteiger partial charge < -0.3 is 25.5 Å². The fourth-order valence-electron chi connectivity index (χ4n) is 1.86. The smallest absolute Gasteiger partial charge is 0.206 e. The van der Waals surface area contributed by atoms with Crippen molar-refractivity contribution in [2.75, 3.05) is 6.16 Å². The van der Waals surface area contributed by atoms with E-state index in [0.717, 1.165) is 0 Å². The monoisotopic (exact) mass is 256 g/mol. The van der Waals surface area contributed by atoms with Gasteiger partial charge in [0.2, 0.25) is 7.44 Å². The summed E-state index contributed by atoms with van der Waals surface area (Å²) in [5.74, 6) is -1.14. The third-order valence-corrected chi connectivity index (χ3v) is 3.77. The topological polar surface area (TPSA) is 170 Å². The van der Waals surface area contributed by atoms with Crippen molar-refractivity contribution in [1.82, 2.24) is 0 Å². The van der Waals surface area contributed by atoms with Crippen LogP contribution in [0.3, 0.4) is 0 Å². The van der Waals surface area contributed by atoms with Gasteiger partial charge in [-0.25, -0.2) is 0 Å². The highest BCUT2D eigenvalue weighted by molar-refractivity contribution is 7.59. The Bertz CT molecular complexity index is 281. The van der Waals surface area contributed by atoms with Crippen molar-refractivity contribution in [2.45, 2.75) is 30.5 Å². The van der Waals surface area contributed by atoms with E-state index in [9.17, 15) is 30.1 Å². The van der Waals surface area contributed by atoms with Crippen molar-refractivity contribution < 1.29 is 30.1 Å². The maximum atomic E-state index is 11.2. The van der Waals surface area contributed by atoms with Crippen molar-refractivity contribution in [1.29, 1.82) is 0 Å². The molecule has 96 valence electrons. The van der Waals surface area contributed by atoms with Crippen LogP contribution in [0.5, 0.6) is 0 Å². The summed E-state index contributed by atoms with van der Waals surface area (Å²) in [7, 11) is -3.51. The minimum absolute atomic E-state index is 0.434. The molecule has 8 nitrogen and oxygen atoms in total. The van der Waals surface area contributed by atoms with Crippen molar-refractivity contribution in [3.8, 4) is 0 Å². The molecule has 0 aliphatic heterocycles. The maximum absolute atomic E-state index is 11.2. The average molecular weight is 256 g/mol. The third kappa shape index (κ3) is 2.79. The summed E-state index contributed by atoms with van der Waals surface area (Å²) in [6.45, 7) is 0. The molecule has 1 aliphatic rings. The van der Waals surface area contributed by atoms with E-state index in [1.54, 1.807) is 0 Å². The highest BCUT2D eigenvalue weighted by atomic mass is 31.2. The van der Waals surface area contributed by atoms with E-state index in [0.29, 0.717) is 0 Å². The second-order valence-corrected chi connectivity index (χ2v) is 6.23. The van der Waals surface area contributed by atoms with Gasteiger partial charge in [0.1, 0.15) is 18.3 Å². The molecule has 9 heteroatoms. The summed E-state index contributed by atoms with van der Waals surface area (Å²) in [6, 6.07) is 0. The van der Waals surface area contributed by atoms with Crippen LogP contribution >= 0.6 is 7.44 Å². The van der Waals surface area contributed by atoms with Gasteiger partial charge in [0.25, 0.3) is 0 Å². The van der Waals surface area contributed by atoms with E-state index >= 15 is 0 Å². The molecule has 1 fully saturated rings. The predicted molar refractivity (Wildman–Crippen MR) is 54.4 cm³/mol. The lowest BCUT2D eigenvalue weighted by atomic mass is 9.79. The summed E-state index contributed by atoms with van der Waals surface area (Å²) < 4.78 is 11.2. The lowest BCUT2D eigenvalue weighted by Gasteiger charge is -2.42. The van der Waals surface area contributed by atoms with Crippen LogP contribution in [-0.4, -0.2) is 62.2 Å². The Kier molecular flexibility index (Phi) is 4.09. The number of aliphatic hydroxyl groups excluding tert-OH is 5. The van der Waals surface area contributed by atoms with Crippen LogP contribution in [0.25, 0.3) is 0 Å². The first-order valence-electron chi connectivity index (χ1n) is 4.71. The Morgan fingerprint density at radius 2 is 1.12 bits per heavy atom. The van der Waals surface area contributed by atoms with Crippen molar-refractivity contribution in [3.63, 3.8) is 0 Å². The minimum Gasteiger partial charge on any atom is -0.390 e. The fraction of sp³-hybridized carbons (Fsp3) is 1.00. The number of rotatable bonds is 2. The van der Waals surface area contributed by atoms with Gasteiger partial charge >= 0.3 is 0 Å². The van der Waals surface area contributed by atoms with Crippen LogP contribution in [0.15, 0.2) is 0 Å². The van der Waals surface area contributed by atoms with Crippen LogP contribution in [0.4, 0.5) is 0 Å². The molecule has 0 radical (unpaired) electrons. The normalized spacial score (nSPS) is 45.7. The minimum atomic E-state index is -3.51. The van der Waals surface area contributed by atoms with Gasteiger partial charge in [0.05, 0.1) is 12.2 Å². The first-order valence-corrected chi connectivity index (χ1v) is 6.74. The van der Waals surface area contributed by atoms with Crippen LogP contribution in [-0.2, 0) is 4.57 Å². The molecule has 1 rings (SSSR count). The van der Waals surface area contributed by atoms with Crippen LogP contribution in [0.2, 0.25) is 0 Å². The molecule has 0 aromatic heterocycles. The molecule has 2 unspecified atom stereocenters. The van der Waals surface area contributed by atoms with Gasteiger partial charge in [-0.1, -0.05) is 0 Å². The van der Waals surface area contributed by atoms with E-state index in [1.165, 1.54) is 0 Å². The van der Waals surface area contributed by atoms with Crippen molar-refractivity contribution >= 4 is 7.44 Å². The largest absolute Gasteiger partial charge is 0.390 e. The van der Waals surface area contributed by atoms with E-state index in [4.69, 9.17) is 11.0 Å². The van der Waals surface area contributed by atoms with Gasteiger partial charge in [-0.05, 0) is 0 Å².